The van der Waals surface area contributed by atoms with Gasteiger partial charge in [0.2, 0.25) is 0 Å². The van der Waals surface area contributed by atoms with E-state index in [1.807, 2.05) is 12.1 Å². The third-order valence-corrected chi connectivity index (χ3v) is 1.80. The minimum Gasteiger partial charge on any atom is -0.491 e. The quantitative estimate of drug-likeness (QED) is 0.651. The van der Waals surface area contributed by atoms with Gasteiger partial charge in [0.25, 0.3) is 0 Å². The molecule has 1 aliphatic heterocycles. The second-order valence-corrected chi connectivity index (χ2v) is 2.91. The van der Waals surface area contributed by atoms with Crippen LogP contribution in [0.3, 0.4) is 0 Å². The van der Waals surface area contributed by atoms with E-state index in [2.05, 4.69) is 6.07 Å². The van der Waals surface area contributed by atoms with Crippen LogP contribution in [0, 0.1) is 11.3 Å². The Bertz CT molecular complexity index is 339. The molecule has 3 nitrogen and oxygen atoms in total. The van der Waals surface area contributed by atoms with E-state index < -0.39 is 0 Å². The molecule has 0 bridgehead atoms. The molecule has 0 unspecified atom stereocenters. The second kappa shape index (κ2) is 3.46. The molecule has 1 fully saturated rings. The third kappa shape index (κ3) is 2.20. The van der Waals surface area contributed by atoms with Gasteiger partial charge in [-0.3, -0.25) is 0 Å². The monoisotopic (exact) mass is 175 g/mol. The summed E-state index contributed by atoms with van der Waals surface area (Å²) in [7, 11) is 0. The van der Waals surface area contributed by atoms with Crippen LogP contribution >= 0.6 is 0 Å². The van der Waals surface area contributed by atoms with Gasteiger partial charge in [-0.25, -0.2) is 0 Å². The van der Waals surface area contributed by atoms with E-state index in [0.717, 1.165) is 12.4 Å². The van der Waals surface area contributed by atoms with Gasteiger partial charge in [-0.15, -0.1) is 0 Å². The number of rotatable bonds is 3. The third-order valence-electron chi connectivity index (χ3n) is 1.80. The van der Waals surface area contributed by atoms with E-state index in [1.165, 1.54) is 0 Å². The Hall–Kier alpha value is -1.53. The second-order valence-electron chi connectivity index (χ2n) is 2.91. The molecule has 0 saturated carbocycles. The van der Waals surface area contributed by atoms with Crippen molar-refractivity contribution in [1.29, 1.82) is 5.26 Å². The van der Waals surface area contributed by atoms with Crippen LogP contribution in [0.4, 0.5) is 0 Å². The summed E-state index contributed by atoms with van der Waals surface area (Å²) in [5.41, 5.74) is 0.620. The Balaban J connectivity index is 1.98. The molecule has 1 saturated heterocycles. The van der Waals surface area contributed by atoms with Gasteiger partial charge >= 0.3 is 0 Å². The summed E-state index contributed by atoms with van der Waals surface area (Å²) in [6.07, 6.45) is 0.255. The lowest BCUT2D eigenvalue weighted by Crippen LogP contribution is -2.03. The standard InChI is InChI=1S/C10H9NO2/c11-5-8-2-1-3-9(4-8)12-6-10-7-13-10/h1-4,10H,6-7H2/t10-/m0/s1. The molecule has 0 aromatic heterocycles. The van der Waals surface area contributed by atoms with Gasteiger partial charge in [0.1, 0.15) is 18.5 Å². The Morgan fingerprint density at radius 2 is 2.46 bits per heavy atom. The molecular weight excluding hydrogens is 166 g/mol. The molecule has 2 rings (SSSR count). The summed E-state index contributed by atoms with van der Waals surface area (Å²) >= 11 is 0. The minimum atomic E-state index is 0.255. The van der Waals surface area contributed by atoms with Crippen molar-refractivity contribution in [3.8, 4) is 11.8 Å². The van der Waals surface area contributed by atoms with Gasteiger partial charge in [0.05, 0.1) is 18.2 Å². The topological polar surface area (TPSA) is 45.5 Å². The van der Waals surface area contributed by atoms with E-state index in [0.29, 0.717) is 12.2 Å². The first kappa shape index (κ1) is 8.09. The summed E-state index contributed by atoms with van der Waals surface area (Å²) in [6.45, 7) is 1.37. The predicted octanol–water partition coefficient (Wildman–Crippen LogP) is 1.34. The Morgan fingerprint density at radius 1 is 1.62 bits per heavy atom. The number of hydrogen-bond acceptors (Lipinski definition) is 3. The molecule has 0 aliphatic carbocycles. The highest BCUT2D eigenvalue weighted by Gasteiger charge is 2.22. The maximum atomic E-state index is 8.62. The van der Waals surface area contributed by atoms with Crippen LogP contribution in [-0.4, -0.2) is 19.3 Å². The molecule has 0 radical (unpaired) electrons. The van der Waals surface area contributed by atoms with Gasteiger partial charge in [0.15, 0.2) is 0 Å². The molecule has 1 heterocycles. The van der Waals surface area contributed by atoms with Crippen LogP contribution < -0.4 is 4.74 Å². The van der Waals surface area contributed by atoms with Crippen molar-refractivity contribution in [2.24, 2.45) is 0 Å². The molecule has 66 valence electrons. The summed E-state index contributed by atoms with van der Waals surface area (Å²) in [5, 5.41) is 8.62. The van der Waals surface area contributed by atoms with Crippen LogP contribution in [0.1, 0.15) is 5.56 Å². The lowest BCUT2D eigenvalue weighted by molar-refractivity contribution is 0.263. The number of benzene rings is 1. The van der Waals surface area contributed by atoms with Crippen molar-refractivity contribution >= 4 is 0 Å². The van der Waals surface area contributed by atoms with E-state index in [-0.39, 0.29) is 6.10 Å². The lowest BCUT2D eigenvalue weighted by atomic mass is 10.2. The first-order valence-corrected chi connectivity index (χ1v) is 4.13. The van der Waals surface area contributed by atoms with Gasteiger partial charge in [0, 0.05) is 0 Å². The average molecular weight is 175 g/mol. The van der Waals surface area contributed by atoms with Crippen LogP contribution in [-0.2, 0) is 4.74 Å². The summed E-state index contributed by atoms with van der Waals surface area (Å²) in [5.74, 6) is 0.731. The van der Waals surface area contributed by atoms with Crippen LogP contribution in [0.5, 0.6) is 5.75 Å². The minimum absolute atomic E-state index is 0.255. The lowest BCUT2D eigenvalue weighted by Gasteiger charge is -2.02. The normalized spacial score (nSPS) is 19.2. The molecular formula is C10H9NO2. The Kier molecular flexibility index (Phi) is 2.15. The van der Waals surface area contributed by atoms with Crippen LogP contribution in [0.2, 0.25) is 0 Å². The molecule has 0 N–H and O–H groups in total. The summed E-state index contributed by atoms with van der Waals surface area (Å²) in [6, 6.07) is 9.18. The molecule has 1 atom stereocenters. The molecule has 13 heavy (non-hydrogen) atoms. The Labute approximate surface area is 76.5 Å². The maximum absolute atomic E-state index is 8.62. The first-order valence-electron chi connectivity index (χ1n) is 4.13. The van der Waals surface area contributed by atoms with Crippen molar-refractivity contribution < 1.29 is 9.47 Å². The van der Waals surface area contributed by atoms with Crippen LogP contribution in [0.25, 0.3) is 0 Å². The first-order chi connectivity index (χ1) is 6.38. The molecule has 1 aromatic rings. The highest BCUT2D eigenvalue weighted by Crippen LogP contribution is 2.15. The van der Waals surface area contributed by atoms with Crippen molar-refractivity contribution in [2.45, 2.75) is 6.10 Å². The van der Waals surface area contributed by atoms with Crippen molar-refractivity contribution in [3.05, 3.63) is 29.8 Å². The predicted molar refractivity (Wildman–Crippen MR) is 46.4 cm³/mol. The fourth-order valence-corrected chi connectivity index (χ4v) is 1.01. The van der Waals surface area contributed by atoms with Gasteiger partial charge in [-0.05, 0) is 18.2 Å². The van der Waals surface area contributed by atoms with Crippen LogP contribution in [0.15, 0.2) is 24.3 Å². The largest absolute Gasteiger partial charge is 0.491 e. The van der Waals surface area contributed by atoms with Crippen molar-refractivity contribution in [2.75, 3.05) is 13.2 Å². The number of epoxide rings is 1. The maximum Gasteiger partial charge on any atom is 0.120 e. The summed E-state index contributed by atoms with van der Waals surface area (Å²) in [4.78, 5) is 0. The zero-order valence-corrected chi connectivity index (χ0v) is 7.06. The summed E-state index contributed by atoms with van der Waals surface area (Å²) < 4.78 is 10.4. The van der Waals surface area contributed by atoms with E-state index >= 15 is 0 Å². The molecule has 0 spiro atoms. The number of hydrogen-bond donors (Lipinski definition) is 0. The molecule has 0 amide bonds. The SMILES string of the molecule is N#Cc1cccc(OC[C@H]2CO2)c1. The number of nitrogens with zero attached hydrogens (tertiary/aromatic N) is 1. The van der Waals surface area contributed by atoms with Gasteiger partial charge in [-0.1, -0.05) is 6.07 Å². The van der Waals surface area contributed by atoms with Crippen molar-refractivity contribution in [3.63, 3.8) is 0 Å². The number of ether oxygens (including phenoxy) is 2. The zero-order chi connectivity index (χ0) is 9.10. The molecule has 1 aliphatic rings. The van der Waals surface area contributed by atoms with E-state index in [1.54, 1.807) is 12.1 Å². The molecule has 1 aromatic carbocycles. The molecule has 3 heteroatoms. The average Bonchev–Trinajstić information content (AvgIpc) is 2.99. The number of nitriles is 1. The fourth-order valence-electron chi connectivity index (χ4n) is 1.01. The zero-order valence-electron chi connectivity index (χ0n) is 7.06. The van der Waals surface area contributed by atoms with E-state index in [4.69, 9.17) is 14.7 Å². The van der Waals surface area contributed by atoms with Gasteiger partial charge < -0.3 is 9.47 Å². The smallest absolute Gasteiger partial charge is 0.120 e. The fraction of sp³-hybridized carbons (Fsp3) is 0.300. The highest BCUT2D eigenvalue weighted by atomic mass is 16.6. The van der Waals surface area contributed by atoms with Crippen molar-refractivity contribution in [1.82, 2.24) is 0 Å². The Morgan fingerprint density at radius 3 is 3.15 bits per heavy atom. The highest BCUT2D eigenvalue weighted by molar-refractivity contribution is 5.36. The van der Waals surface area contributed by atoms with E-state index in [9.17, 15) is 0 Å². The van der Waals surface area contributed by atoms with Gasteiger partial charge in [-0.2, -0.15) is 5.26 Å².